The molecule has 1 unspecified atom stereocenters. The van der Waals surface area contributed by atoms with Crippen molar-refractivity contribution in [3.63, 3.8) is 0 Å². The fourth-order valence-electron chi connectivity index (χ4n) is 3.35. The van der Waals surface area contributed by atoms with Gasteiger partial charge in [-0.1, -0.05) is 36.9 Å². The van der Waals surface area contributed by atoms with Crippen molar-refractivity contribution < 1.29 is 0 Å². The predicted octanol–water partition coefficient (Wildman–Crippen LogP) is 5.49. The normalized spacial score (nSPS) is 18.8. The molecule has 1 fully saturated rings. The fraction of sp³-hybridized carbons (Fsp3) is 0.533. The number of rotatable bonds is 2. The number of fused-ring (bicyclic) bond motifs is 1. The molecule has 102 valence electrons. The molecule has 1 atom stereocenters. The number of aromatic nitrogens is 2. The molecule has 3 rings (SSSR count). The lowest BCUT2D eigenvalue weighted by Gasteiger charge is -2.29. The van der Waals surface area contributed by atoms with Gasteiger partial charge in [0.2, 0.25) is 0 Å². The van der Waals surface area contributed by atoms with Crippen molar-refractivity contribution >= 4 is 34.9 Å². The van der Waals surface area contributed by atoms with Gasteiger partial charge in [0.05, 0.1) is 16.1 Å². The molecule has 0 bridgehead atoms. The summed E-state index contributed by atoms with van der Waals surface area (Å²) in [6, 6.07) is 6.37. The molecule has 2 aromatic rings. The van der Waals surface area contributed by atoms with Crippen LogP contribution in [0.15, 0.2) is 18.2 Å². The molecule has 19 heavy (non-hydrogen) atoms. The Morgan fingerprint density at radius 2 is 2.05 bits per heavy atom. The predicted molar refractivity (Wildman–Crippen MR) is 83.4 cm³/mol. The van der Waals surface area contributed by atoms with Gasteiger partial charge in [0, 0.05) is 6.04 Å². The average molecular weight is 295 g/mol. The second-order valence-electron chi connectivity index (χ2n) is 5.57. The number of halogens is 1. The highest BCUT2D eigenvalue weighted by Crippen LogP contribution is 2.36. The quantitative estimate of drug-likeness (QED) is 0.726. The maximum atomic E-state index is 6.37. The monoisotopic (exact) mass is 294 g/mol. The number of nitrogens with one attached hydrogen (secondary N) is 1. The van der Waals surface area contributed by atoms with Crippen molar-refractivity contribution in [1.29, 1.82) is 0 Å². The zero-order valence-electron chi connectivity index (χ0n) is 11.2. The minimum Gasteiger partial charge on any atom is -0.331 e. The Balaban J connectivity index is 2.08. The van der Waals surface area contributed by atoms with Crippen LogP contribution < -0.4 is 0 Å². The van der Waals surface area contributed by atoms with Gasteiger partial charge in [0.1, 0.15) is 0 Å². The van der Waals surface area contributed by atoms with Crippen LogP contribution in [-0.2, 0) is 0 Å². The lowest BCUT2D eigenvalue weighted by molar-refractivity contribution is 0.266. The van der Waals surface area contributed by atoms with Crippen molar-refractivity contribution in [3.8, 4) is 0 Å². The van der Waals surface area contributed by atoms with Gasteiger partial charge in [-0.2, -0.15) is 0 Å². The summed E-state index contributed by atoms with van der Waals surface area (Å²) in [5, 5.41) is 0.785. The summed E-state index contributed by atoms with van der Waals surface area (Å²) in [5.74, 6) is 0.718. The first-order valence-corrected chi connectivity index (χ1v) is 7.86. The van der Waals surface area contributed by atoms with E-state index in [0.717, 1.165) is 26.7 Å². The van der Waals surface area contributed by atoms with Crippen LogP contribution in [0, 0.1) is 10.7 Å². The lowest BCUT2D eigenvalue weighted by atomic mass is 9.84. The fourth-order valence-corrected chi connectivity index (χ4v) is 3.99. The number of hydrogen-bond donors (Lipinski definition) is 1. The molecule has 1 aromatic heterocycles. The Bertz CT molecular complexity index is 637. The lowest BCUT2D eigenvalue weighted by Crippen LogP contribution is -2.19. The largest absolute Gasteiger partial charge is 0.331 e. The van der Waals surface area contributed by atoms with Gasteiger partial charge >= 0.3 is 0 Å². The van der Waals surface area contributed by atoms with E-state index in [-0.39, 0.29) is 0 Å². The first-order chi connectivity index (χ1) is 9.18. The van der Waals surface area contributed by atoms with Crippen LogP contribution in [0.5, 0.6) is 0 Å². The van der Waals surface area contributed by atoms with E-state index in [2.05, 4.69) is 16.5 Å². The summed E-state index contributed by atoms with van der Waals surface area (Å²) in [6.45, 7) is 2.28. The van der Waals surface area contributed by atoms with E-state index in [1.165, 1.54) is 32.1 Å². The molecule has 1 N–H and O–H groups in total. The maximum absolute atomic E-state index is 6.37. The minimum absolute atomic E-state index is 0.418. The van der Waals surface area contributed by atoms with Crippen LogP contribution in [0.3, 0.4) is 0 Å². The van der Waals surface area contributed by atoms with E-state index in [1.54, 1.807) is 0 Å². The van der Waals surface area contributed by atoms with Crippen LogP contribution in [0.4, 0.5) is 0 Å². The van der Waals surface area contributed by atoms with Crippen LogP contribution in [0.25, 0.3) is 11.0 Å². The summed E-state index contributed by atoms with van der Waals surface area (Å²) < 4.78 is 3.02. The molecule has 0 spiro atoms. The molecule has 0 radical (unpaired) electrons. The number of imidazole rings is 1. The van der Waals surface area contributed by atoms with Gasteiger partial charge in [-0.05, 0) is 50.0 Å². The SMILES string of the molecule is CC(C1CCCCC1)n1c(=S)[nH]c2cccc(Cl)c21. The molecule has 1 saturated carbocycles. The summed E-state index contributed by atoms with van der Waals surface area (Å²) in [6.07, 6.45) is 6.68. The molecular weight excluding hydrogens is 276 g/mol. The molecule has 1 aliphatic carbocycles. The number of para-hydroxylation sites is 1. The summed E-state index contributed by atoms with van der Waals surface area (Å²) in [5.41, 5.74) is 2.10. The highest BCUT2D eigenvalue weighted by atomic mass is 35.5. The zero-order chi connectivity index (χ0) is 13.4. The number of nitrogens with zero attached hydrogens (tertiary/aromatic N) is 1. The van der Waals surface area contributed by atoms with E-state index in [9.17, 15) is 0 Å². The van der Waals surface area contributed by atoms with Crippen LogP contribution in [0.2, 0.25) is 5.02 Å². The topological polar surface area (TPSA) is 20.7 Å². The second-order valence-corrected chi connectivity index (χ2v) is 6.37. The Kier molecular flexibility index (Phi) is 3.68. The van der Waals surface area contributed by atoms with Gasteiger partial charge in [0.15, 0.2) is 4.77 Å². The third kappa shape index (κ3) is 2.34. The Hall–Kier alpha value is -0.800. The molecule has 1 aromatic carbocycles. The van der Waals surface area contributed by atoms with Gasteiger partial charge < -0.3 is 9.55 Å². The first-order valence-electron chi connectivity index (χ1n) is 7.07. The van der Waals surface area contributed by atoms with E-state index in [4.69, 9.17) is 23.8 Å². The number of aromatic amines is 1. The second kappa shape index (κ2) is 5.29. The highest BCUT2D eigenvalue weighted by Gasteiger charge is 2.23. The number of hydrogen-bond acceptors (Lipinski definition) is 1. The van der Waals surface area contributed by atoms with Gasteiger partial charge in [-0.3, -0.25) is 0 Å². The third-order valence-electron chi connectivity index (χ3n) is 4.43. The Labute approximate surface area is 123 Å². The van der Waals surface area contributed by atoms with Gasteiger partial charge in [-0.15, -0.1) is 0 Å². The first kappa shape index (κ1) is 13.2. The smallest absolute Gasteiger partial charge is 0.178 e. The molecule has 1 heterocycles. The van der Waals surface area contributed by atoms with Crippen molar-refractivity contribution in [2.75, 3.05) is 0 Å². The molecule has 0 aliphatic heterocycles. The van der Waals surface area contributed by atoms with E-state index in [1.807, 2.05) is 18.2 Å². The van der Waals surface area contributed by atoms with Crippen molar-refractivity contribution in [2.24, 2.45) is 5.92 Å². The van der Waals surface area contributed by atoms with E-state index in [0.29, 0.717) is 6.04 Å². The van der Waals surface area contributed by atoms with Crippen LogP contribution >= 0.6 is 23.8 Å². The Morgan fingerprint density at radius 1 is 1.32 bits per heavy atom. The summed E-state index contributed by atoms with van der Waals surface area (Å²) in [4.78, 5) is 3.28. The standard InChI is InChI=1S/C15H19ClN2S/c1-10(11-6-3-2-4-7-11)18-14-12(16)8-5-9-13(14)17-15(18)19/h5,8-11H,2-4,6-7H2,1H3,(H,17,19). The van der Waals surface area contributed by atoms with Crippen LogP contribution in [-0.4, -0.2) is 9.55 Å². The average Bonchev–Trinajstić information content (AvgIpc) is 2.76. The zero-order valence-corrected chi connectivity index (χ0v) is 12.7. The number of H-pyrrole nitrogens is 1. The Morgan fingerprint density at radius 3 is 2.79 bits per heavy atom. The van der Waals surface area contributed by atoms with Crippen molar-refractivity contribution in [3.05, 3.63) is 28.0 Å². The van der Waals surface area contributed by atoms with Crippen molar-refractivity contribution in [2.45, 2.75) is 45.1 Å². The molecule has 4 heteroatoms. The molecular formula is C15H19ClN2S. The number of benzene rings is 1. The molecule has 2 nitrogen and oxygen atoms in total. The summed E-state index contributed by atoms with van der Waals surface area (Å²) in [7, 11) is 0. The van der Waals surface area contributed by atoms with Gasteiger partial charge in [-0.25, -0.2) is 0 Å². The van der Waals surface area contributed by atoms with Crippen LogP contribution in [0.1, 0.15) is 45.1 Å². The van der Waals surface area contributed by atoms with Crippen molar-refractivity contribution in [1.82, 2.24) is 9.55 Å². The van der Waals surface area contributed by atoms with E-state index >= 15 is 0 Å². The maximum Gasteiger partial charge on any atom is 0.178 e. The third-order valence-corrected chi connectivity index (χ3v) is 5.03. The van der Waals surface area contributed by atoms with Gasteiger partial charge in [0.25, 0.3) is 0 Å². The summed E-state index contributed by atoms with van der Waals surface area (Å²) >= 11 is 11.9. The molecule has 0 saturated heterocycles. The minimum atomic E-state index is 0.418. The molecule has 1 aliphatic rings. The molecule has 0 amide bonds. The highest BCUT2D eigenvalue weighted by molar-refractivity contribution is 7.71. The van der Waals surface area contributed by atoms with E-state index < -0.39 is 0 Å².